The number of aliphatic hydroxyl groups excluding tert-OH is 1. The second kappa shape index (κ2) is 5.89. The van der Waals surface area contributed by atoms with E-state index in [1.807, 2.05) is 51.1 Å². The second-order valence-corrected chi connectivity index (χ2v) is 7.03. The lowest BCUT2D eigenvalue weighted by molar-refractivity contribution is -0.0679. The minimum absolute atomic E-state index is 0.266. The largest absolute Gasteiger partial charge is 0.444 e. The monoisotopic (exact) mass is 307 g/mol. The molecule has 0 bridgehead atoms. The lowest BCUT2D eigenvalue weighted by Crippen LogP contribution is -2.51. The molecule has 22 heavy (non-hydrogen) atoms. The van der Waals surface area contributed by atoms with E-state index in [0.29, 0.717) is 0 Å². The fourth-order valence-corrected chi connectivity index (χ4v) is 2.60. The molecule has 1 aromatic carbocycles. The molecule has 1 aliphatic rings. The van der Waals surface area contributed by atoms with Crippen LogP contribution in [0.2, 0.25) is 0 Å². The topological polar surface area (TPSA) is 59.0 Å². The number of hydrogen-bond acceptors (Lipinski definition) is 4. The highest BCUT2D eigenvalue weighted by Gasteiger charge is 2.48. The van der Waals surface area contributed by atoms with Gasteiger partial charge in [0.1, 0.15) is 17.4 Å². The van der Waals surface area contributed by atoms with Crippen molar-refractivity contribution < 1.29 is 19.4 Å². The van der Waals surface area contributed by atoms with E-state index >= 15 is 0 Å². The molecule has 1 aliphatic heterocycles. The molecule has 0 aromatic heterocycles. The van der Waals surface area contributed by atoms with Gasteiger partial charge in [0.25, 0.3) is 0 Å². The van der Waals surface area contributed by atoms with Crippen molar-refractivity contribution >= 4 is 6.09 Å². The van der Waals surface area contributed by atoms with Gasteiger partial charge in [-0.15, -0.1) is 0 Å². The Labute approximate surface area is 131 Å². The van der Waals surface area contributed by atoms with Crippen molar-refractivity contribution in [1.29, 1.82) is 0 Å². The number of nitrogens with zero attached hydrogens (tertiary/aromatic N) is 1. The average molecular weight is 307 g/mol. The summed E-state index contributed by atoms with van der Waals surface area (Å²) in [6.45, 7) is 9.32. The number of hydrogen-bond donors (Lipinski definition) is 1. The Morgan fingerprint density at radius 2 is 1.95 bits per heavy atom. The Hall–Kier alpha value is -1.59. The number of benzene rings is 1. The van der Waals surface area contributed by atoms with Crippen LogP contribution in [0.15, 0.2) is 30.3 Å². The van der Waals surface area contributed by atoms with Crippen LogP contribution in [-0.2, 0) is 9.47 Å². The van der Waals surface area contributed by atoms with E-state index in [2.05, 4.69) is 0 Å². The van der Waals surface area contributed by atoms with Crippen molar-refractivity contribution in [3.8, 4) is 0 Å². The van der Waals surface area contributed by atoms with Gasteiger partial charge >= 0.3 is 6.09 Å². The normalized spacial score (nSPS) is 22.5. The zero-order valence-corrected chi connectivity index (χ0v) is 13.9. The van der Waals surface area contributed by atoms with Crippen molar-refractivity contribution in [2.24, 2.45) is 0 Å². The van der Waals surface area contributed by atoms with Crippen LogP contribution >= 0.6 is 0 Å². The average Bonchev–Trinajstić information content (AvgIpc) is 2.72. The summed E-state index contributed by atoms with van der Waals surface area (Å²) in [5.41, 5.74) is -0.664. The lowest BCUT2D eigenvalue weighted by atomic mass is 10.0. The summed E-state index contributed by atoms with van der Waals surface area (Å²) >= 11 is 0. The van der Waals surface area contributed by atoms with Gasteiger partial charge in [0.15, 0.2) is 0 Å². The summed E-state index contributed by atoms with van der Waals surface area (Å²) in [6, 6.07) is 8.80. The van der Waals surface area contributed by atoms with Gasteiger partial charge in [-0.3, -0.25) is 4.90 Å². The van der Waals surface area contributed by atoms with Crippen LogP contribution in [0.3, 0.4) is 0 Å². The second-order valence-electron chi connectivity index (χ2n) is 7.03. The van der Waals surface area contributed by atoms with E-state index in [1.165, 1.54) is 4.90 Å². The maximum Gasteiger partial charge on any atom is 0.413 e. The Bertz CT molecular complexity index is 521. The number of aliphatic hydroxyl groups is 1. The molecular formula is C17H25NO4. The molecule has 0 radical (unpaired) electrons. The van der Waals surface area contributed by atoms with Gasteiger partial charge in [-0.2, -0.15) is 0 Å². The summed E-state index contributed by atoms with van der Waals surface area (Å²) in [5, 5.41) is 10.6. The van der Waals surface area contributed by atoms with Gasteiger partial charge in [0, 0.05) is 0 Å². The summed E-state index contributed by atoms with van der Waals surface area (Å²) < 4.78 is 11.2. The Kier molecular flexibility index (Phi) is 4.49. The molecular weight excluding hydrogens is 282 g/mol. The number of rotatable bonds is 2. The van der Waals surface area contributed by atoms with Crippen LogP contribution in [-0.4, -0.2) is 40.1 Å². The first kappa shape index (κ1) is 16.8. The smallest absolute Gasteiger partial charge is 0.413 e. The number of carbonyl (C=O) groups excluding carboxylic acids is 1. The van der Waals surface area contributed by atoms with Crippen LogP contribution in [0.4, 0.5) is 4.79 Å². The van der Waals surface area contributed by atoms with Crippen molar-refractivity contribution in [2.75, 3.05) is 6.61 Å². The third kappa shape index (κ3) is 3.59. The van der Waals surface area contributed by atoms with E-state index in [4.69, 9.17) is 9.47 Å². The third-order valence-electron chi connectivity index (χ3n) is 3.61. The number of ether oxygens (including phenoxy) is 2. The predicted molar refractivity (Wildman–Crippen MR) is 83.3 cm³/mol. The Morgan fingerprint density at radius 1 is 1.36 bits per heavy atom. The maximum atomic E-state index is 12.5. The third-order valence-corrected chi connectivity index (χ3v) is 3.61. The van der Waals surface area contributed by atoms with Crippen LogP contribution in [0.5, 0.6) is 0 Å². The predicted octanol–water partition coefficient (Wildman–Crippen LogP) is 3.09. The molecule has 5 nitrogen and oxygen atoms in total. The van der Waals surface area contributed by atoms with Crippen molar-refractivity contribution in [1.82, 2.24) is 4.90 Å². The molecule has 5 heteroatoms. The molecule has 0 saturated carbocycles. The highest BCUT2D eigenvalue weighted by atomic mass is 16.6. The van der Waals surface area contributed by atoms with Gasteiger partial charge < -0.3 is 14.6 Å². The van der Waals surface area contributed by atoms with Crippen LogP contribution in [0.25, 0.3) is 0 Å². The Balaban J connectivity index is 2.25. The fourth-order valence-electron chi connectivity index (χ4n) is 2.60. The van der Waals surface area contributed by atoms with Gasteiger partial charge in [-0.25, -0.2) is 4.79 Å². The molecule has 1 amide bonds. The standard InChI is InChI=1S/C17H25NO4/c1-16(2,3)22-15(20)18-13(11-21-17(18,4)5)14(19)12-9-7-6-8-10-12/h6-10,13-14,19H,11H2,1-5H3/t13-,14-/m0/s1. The molecule has 1 saturated heterocycles. The number of amides is 1. The van der Waals surface area contributed by atoms with Crippen molar-refractivity contribution in [3.05, 3.63) is 35.9 Å². The van der Waals surface area contributed by atoms with E-state index < -0.39 is 29.6 Å². The zero-order valence-electron chi connectivity index (χ0n) is 13.9. The summed E-state index contributed by atoms with van der Waals surface area (Å²) in [7, 11) is 0. The molecule has 0 unspecified atom stereocenters. The first-order chi connectivity index (χ1) is 10.1. The molecule has 2 rings (SSSR count). The summed E-state index contributed by atoms with van der Waals surface area (Å²) in [5.74, 6) is 0. The van der Waals surface area contributed by atoms with Gasteiger partial charge in [-0.05, 0) is 40.2 Å². The van der Waals surface area contributed by atoms with Gasteiger partial charge in [-0.1, -0.05) is 30.3 Å². The lowest BCUT2D eigenvalue weighted by Gasteiger charge is -2.36. The van der Waals surface area contributed by atoms with E-state index in [0.717, 1.165) is 5.56 Å². The molecule has 0 aliphatic carbocycles. The highest BCUT2D eigenvalue weighted by molar-refractivity contribution is 5.70. The molecule has 1 N–H and O–H groups in total. The molecule has 122 valence electrons. The van der Waals surface area contributed by atoms with Crippen molar-refractivity contribution in [2.45, 2.75) is 58.1 Å². The van der Waals surface area contributed by atoms with E-state index in [-0.39, 0.29) is 6.61 Å². The van der Waals surface area contributed by atoms with Crippen molar-refractivity contribution in [3.63, 3.8) is 0 Å². The Morgan fingerprint density at radius 3 is 2.50 bits per heavy atom. The maximum absolute atomic E-state index is 12.5. The van der Waals surface area contributed by atoms with Crippen LogP contribution in [0.1, 0.15) is 46.3 Å². The van der Waals surface area contributed by atoms with Gasteiger partial charge in [0.2, 0.25) is 0 Å². The van der Waals surface area contributed by atoms with E-state index in [9.17, 15) is 9.90 Å². The first-order valence-corrected chi connectivity index (χ1v) is 7.51. The minimum Gasteiger partial charge on any atom is -0.444 e. The quantitative estimate of drug-likeness (QED) is 0.912. The molecule has 2 atom stereocenters. The number of carbonyl (C=O) groups is 1. The SMILES string of the molecule is CC(C)(C)OC(=O)N1[C@H]([C@@H](O)c2ccccc2)COC1(C)C. The zero-order chi connectivity index (χ0) is 16.5. The molecule has 0 spiro atoms. The first-order valence-electron chi connectivity index (χ1n) is 7.51. The van der Waals surface area contributed by atoms with E-state index in [1.54, 1.807) is 13.8 Å². The highest BCUT2D eigenvalue weighted by Crippen LogP contribution is 2.35. The summed E-state index contributed by atoms with van der Waals surface area (Å²) in [4.78, 5) is 14.0. The molecule has 1 fully saturated rings. The molecule has 1 heterocycles. The van der Waals surface area contributed by atoms with Crippen LogP contribution in [0, 0.1) is 0 Å². The summed E-state index contributed by atoms with van der Waals surface area (Å²) in [6.07, 6.45) is -1.30. The minimum atomic E-state index is -0.824. The van der Waals surface area contributed by atoms with Crippen LogP contribution < -0.4 is 0 Å². The fraction of sp³-hybridized carbons (Fsp3) is 0.588. The molecule has 1 aromatic rings. The van der Waals surface area contributed by atoms with Gasteiger partial charge in [0.05, 0.1) is 12.6 Å².